The van der Waals surface area contributed by atoms with E-state index in [0.29, 0.717) is 0 Å². The van der Waals surface area contributed by atoms with Crippen LogP contribution >= 0.6 is 0 Å². The maximum Gasteiger partial charge on any atom is -0.0102 e. The third-order valence-electron chi connectivity index (χ3n) is 2.87. The van der Waals surface area contributed by atoms with Gasteiger partial charge in [-0.25, -0.2) is 0 Å². The first-order valence-electron chi connectivity index (χ1n) is 5.37. The van der Waals surface area contributed by atoms with Gasteiger partial charge in [0.25, 0.3) is 0 Å². The lowest BCUT2D eigenvalue weighted by molar-refractivity contribution is 0.886. The zero-order chi connectivity index (χ0) is 10.4. The number of rotatable bonds is 1. The molecule has 0 N–H and O–H groups in total. The molecular formula is C13H24. The Morgan fingerprint density at radius 1 is 0.769 bits per heavy atom. The quantitative estimate of drug-likeness (QED) is 0.540. The summed E-state index contributed by atoms with van der Waals surface area (Å²) in [5.74, 6) is 0. The van der Waals surface area contributed by atoms with Crippen LogP contribution in [0.25, 0.3) is 0 Å². The second-order valence-corrected chi connectivity index (χ2v) is 3.99. The van der Waals surface area contributed by atoms with E-state index in [1.807, 2.05) is 0 Å². The molecule has 13 heavy (non-hydrogen) atoms. The Labute approximate surface area is 83.7 Å². The van der Waals surface area contributed by atoms with Crippen LogP contribution in [0.2, 0.25) is 0 Å². The maximum absolute atomic E-state index is 2.22. The molecule has 0 heterocycles. The standard InChI is InChI=1S/C9H14.C4H10/c1-6-5-7(2)9(4)8(6)3;1-3-4-2/h5H2,1-4H3;3-4H2,1-2H3. The van der Waals surface area contributed by atoms with Crippen LogP contribution in [0, 0.1) is 0 Å². The summed E-state index contributed by atoms with van der Waals surface area (Å²) in [4.78, 5) is 0. The molecule has 0 aromatic carbocycles. The molecule has 1 aliphatic carbocycles. The minimum atomic E-state index is 1.21. The molecule has 76 valence electrons. The van der Waals surface area contributed by atoms with E-state index in [1.54, 1.807) is 11.1 Å². The average molecular weight is 180 g/mol. The van der Waals surface area contributed by atoms with Crippen LogP contribution in [-0.4, -0.2) is 0 Å². The van der Waals surface area contributed by atoms with Crippen LogP contribution in [0.3, 0.4) is 0 Å². The second kappa shape index (κ2) is 6.01. The first-order valence-corrected chi connectivity index (χ1v) is 5.37. The average Bonchev–Trinajstić information content (AvgIpc) is 2.34. The van der Waals surface area contributed by atoms with Gasteiger partial charge in [0.15, 0.2) is 0 Å². The maximum atomic E-state index is 2.22. The zero-order valence-electron chi connectivity index (χ0n) is 10.1. The van der Waals surface area contributed by atoms with Gasteiger partial charge in [0.2, 0.25) is 0 Å². The largest absolute Gasteiger partial charge is 0.0661 e. The summed E-state index contributed by atoms with van der Waals surface area (Å²) in [5.41, 5.74) is 6.11. The van der Waals surface area contributed by atoms with Crippen LogP contribution in [0.1, 0.15) is 60.8 Å². The first kappa shape index (κ1) is 12.5. The fraction of sp³-hybridized carbons (Fsp3) is 0.692. The monoisotopic (exact) mass is 180 g/mol. The van der Waals surface area contributed by atoms with Crippen molar-refractivity contribution in [2.75, 3.05) is 0 Å². The number of hydrogen-bond donors (Lipinski definition) is 0. The molecule has 0 bridgehead atoms. The molecule has 0 aromatic rings. The lowest BCUT2D eigenvalue weighted by Gasteiger charge is -1.94. The van der Waals surface area contributed by atoms with E-state index in [4.69, 9.17) is 0 Å². The highest BCUT2D eigenvalue weighted by Gasteiger charge is 2.10. The van der Waals surface area contributed by atoms with Crippen molar-refractivity contribution >= 4 is 0 Å². The van der Waals surface area contributed by atoms with Gasteiger partial charge in [-0.3, -0.25) is 0 Å². The highest BCUT2D eigenvalue weighted by Crippen LogP contribution is 2.30. The Morgan fingerprint density at radius 2 is 1.08 bits per heavy atom. The van der Waals surface area contributed by atoms with Crippen molar-refractivity contribution < 1.29 is 0 Å². The van der Waals surface area contributed by atoms with E-state index >= 15 is 0 Å². The molecule has 0 fully saturated rings. The number of unbranched alkanes of at least 4 members (excludes halogenated alkanes) is 1. The highest BCUT2D eigenvalue weighted by atomic mass is 14.2. The molecule has 1 aliphatic rings. The molecule has 0 saturated heterocycles. The molecule has 0 amide bonds. The lowest BCUT2D eigenvalue weighted by Crippen LogP contribution is -1.74. The molecule has 1 rings (SSSR count). The molecule has 0 saturated carbocycles. The Balaban J connectivity index is 0.000000310. The predicted octanol–water partition coefficient (Wildman–Crippen LogP) is 4.87. The van der Waals surface area contributed by atoms with Crippen LogP contribution in [0.15, 0.2) is 22.3 Å². The SMILES string of the molecule is CC1=C(C)C(C)=C(C)C1.CCCC. The van der Waals surface area contributed by atoms with E-state index in [0.717, 1.165) is 0 Å². The lowest BCUT2D eigenvalue weighted by atomic mass is 10.1. The summed E-state index contributed by atoms with van der Waals surface area (Å²) in [6.45, 7) is 13.2. The molecule has 0 spiro atoms. The van der Waals surface area contributed by atoms with Gasteiger partial charge < -0.3 is 0 Å². The van der Waals surface area contributed by atoms with Gasteiger partial charge in [0.05, 0.1) is 0 Å². The number of hydrogen-bond acceptors (Lipinski definition) is 0. The van der Waals surface area contributed by atoms with Gasteiger partial charge in [0, 0.05) is 0 Å². The van der Waals surface area contributed by atoms with Gasteiger partial charge in [-0.15, -0.1) is 0 Å². The highest BCUT2D eigenvalue weighted by molar-refractivity contribution is 5.43. The molecule has 0 unspecified atom stereocenters. The van der Waals surface area contributed by atoms with Gasteiger partial charge in [-0.2, -0.15) is 0 Å². The fourth-order valence-corrected chi connectivity index (χ4v) is 1.30. The minimum absolute atomic E-state index is 1.21. The van der Waals surface area contributed by atoms with E-state index in [9.17, 15) is 0 Å². The summed E-state index contributed by atoms with van der Waals surface area (Å²) in [6, 6.07) is 0. The Morgan fingerprint density at radius 3 is 1.15 bits per heavy atom. The van der Waals surface area contributed by atoms with Crippen LogP contribution < -0.4 is 0 Å². The molecule has 0 atom stereocenters. The summed E-state index contributed by atoms with van der Waals surface area (Å²) < 4.78 is 0. The third-order valence-corrected chi connectivity index (χ3v) is 2.87. The Kier molecular flexibility index (Phi) is 5.77. The van der Waals surface area contributed by atoms with Gasteiger partial charge in [-0.1, -0.05) is 37.8 Å². The minimum Gasteiger partial charge on any atom is -0.0661 e. The summed E-state index contributed by atoms with van der Waals surface area (Å²) >= 11 is 0. The summed E-state index contributed by atoms with van der Waals surface area (Å²) in [6.07, 6.45) is 3.84. The predicted molar refractivity (Wildman–Crippen MR) is 61.9 cm³/mol. The Hall–Kier alpha value is -0.520. The molecular weight excluding hydrogens is 156 g/mol. The van der Waals surface area contributed by atoms with Crippen molar-refractivity contribution in [2.24, 2.45) is 0 Å². The molecule has 0 aromatic heterocycles. The number of allylic oxidation sites excluding steroid dienone is 4. The second-order valence-electron chi connectivity index (χ2n) is 3.99. The zero-order valence-corrected chi connectivity index (χ0v) is 10.1. The topological polar surface area (TPSA) is 0 Å². The van der Waals surface area contributed by atoms with E-state index in [2.05, 4.69) is 41.5 Å². The van der Waals surface area contributed by atoms with Crippen LogP contribution in [-0.2, 0) is 0 Å². The first-order chi connectivity index (χ1) is 6.04. The third kappa shape index (κ3) is 3.80. The van der Waals surface area contributed by atoms with Crippen molar-refractivity contribution in [2.45, 2.75) is 60.8 Å². The van der Waals surface area contributed by atoms with E-state index < -0.39 is 0 Å². The van der Waals surface area contributed by atoms with Gasteiger partial charge in [-0.05, 0) is 45.3 Å². The van der Waals surface area contributed by atoms with E-state index in [1.165, 1.54) is 30.4 Å². The molecule has 0 heteroatoms. The summed E-state index contributed by atoms with van der Waals surface area (Å²) in [7, 11) is 0. The van der Waals surface area contributed by atoms with Crippen molar-refractivity contribution in [1.82, 2.24) is 0 Å². The van der Waals surface area contributed by atoms with Gasteiger partial charge >= 0.3 is 0 Å². The van der Waals surface area contributed by atoms with Crippen molar-refractivity contribution in [1.29, 1.82) is 0 Å². The van der Waals surface area contributed by atoms with Crippen molar-refractivity contribution in [3.8, 4) is 0 Å². The van der Waals surface area contributed by atoms with Crippen molar-refractivity contribution in [3.63, 3.8) is 0 Å². The molecule has 0 radical (unpaired) electrons. The van der Waals surface area contributed by atoms with Crippen molar-refractivity contribution in [3.05, 3.63) is 22.3 Å². The van der Waals surface area contributed by atoms with Gasteiger partial charge in [0.1, 0.15) is 0 Å². The molecule has 0 aliphatic heterocycles. The van der Waals surface area contributed by atoms with E-state index in [-0.39, 0.29) is 0 Å². The van der Waals surface area contributed by atoms with Crippen LogP contribution in [0.4, 0.5) is 0 Å². The fourth-order valence-electron chi connectivity index (χ4n) is 1.30. The normalized spacial score (nSPS) is 16.2. The Bertz CT molecular complexity index is 192. The smallest absolute Gasteiger partial charge is 0.0102 e. The molecule has 0 nitrogen and oxygen atoms in total. The summed E-state index contributed by atoms with van der Waals surface area (Å²) in [5, 5.41) is 0. The van der Waals surface area contributed by atoms with Crippen LogP contribution in [0.5, 0.6) is 0 Å².